The number of sulfonamides is 1. The van der Waals surface area contributed by atoms with Crippen LogP contribution in [0.3, 0.4) is 0 Å². The number of hydrogen-bond donors (Lipinski definition) is 2. The van der Waals surface area contributed by atoms with Crippen molar-refractivity contribution in [3.63, 3.8) is 0 Å². The molecule has 21 heavy (non-hydrogen) atoms. The molecule has 0 unspecified atom stereocenters. The molecule has 1 heterocycles. The molecule has 0 aliphatic rings. The Labute approximate surface area is 123 Å². The third-order valence-corrected chi connectivity index (χ3v) is 4.31. The topological polar surface area (TPSA) is 88.5 Å². The van der Waals surface area contributed by atoms with Gasteiger partial charge < -0.3 is 9.84 Å². The molecule has 1 aromatic carbocycles. The van der Waals surface area contributed by atoms with E-state index in [4.69, 9.17) is 9.84 Å². The summed E-state index contributed by atoms with van der Waals surface area (Å²) in [6.07, 6.45) is 1.55. The minimum Gasteiger partial charge on any atom is -0.481 e. The van der Waals surface area contributed by atoms with Crippen LogP contribution >= 0.6 is 0 Å². The van der Waals surface area contributed by atoms with Gasteiger partial charge in [-0.1, -0.05) is 18.2 Å². The zero-order valence-electron chi connectivity index (χ0n) is 11.5. The predicted octanol–water partition coefficient (Wildman–Crippen LogP) is 1.06. The van der Waals surface area contributed by atoms with Gasteiger partial charge in [-0.3, -0.25) is 0 Å². The van der Waals surface area contributed by atoms with Crippen LogP contribution in [0.4, 0.5) is 0 Å². The van der Waals surface area contributed by atoms with Crippen LogP contribution in [0.25, 0.3) is 0 Å². The first-order valence-corrected chi connectivity index (χ1v) is 7.72. The van der Waals surface area contributed by atoms with Crippen LogP contribution in [0.5, 0.6) is 5.88 Å². The molecule has 0 fully saturated rings. The summed E-state index contributed by atoms with van der Waals surface area (Å²) in [6, 6.07) is 9.47. The minimum absolute atomic E-state index is 0.120. The van der Waals surface area contributed by atoms with E-state index in [0.717, 1.165) is 5.56 Å². The molecule has 2 N–H and O–H groups in total. The van der Waals surface area contributed by atoms with Crippen molar-refractivity contribution in [3.8, 4) is 5.88 Å². The van der Waals surface area contributed by atoms with Gasteiger partial charge >= 0.3 is 0 Å². The van der Waals surface area contributed by atoms with Crippen molar-refractivity contribution in [1.82, 2.24) is 9.71 Å². The van der Waals surface area contributed by atoms with Crippen molar-refractivity contribution in [2.75, 3.05) is 7.11 Å². The number of benzene rings is 1. The van der Waals surface area contributed by atoms with Crippen LogP contribution in [0.1, 0.15) is 11.1 Å². The molecule has 0 aliphatic carbocycles. The van der Waals surface area contributed by atoms with E-state index in [9.17, 15) is 8.42 Å². The number of pyridine rings is 1. The molecule has 112 valence electrons. The molecule has 0 radical (unpaired) electrons. The summed E-state index contributed by atoms with van der Waals surface area (Å²) in [6.45, 7) is 0.0202. The van der Waals surface area contributed by atoms with Gasteiger partial charge in [0.05, 0.1) is 18.6 Å². The predicted molar refractivity (Wildman–Crippen MR) is 77.2 cm³/mol. The summed E-state index contributed by atoms with van der Waals surface area (Å²) >= 11 is 0. The number of aromatic nitrogens is 1. The van der Waals surface area contributed by atoms with Gasteiger partial charge in [0, 0.05) is 18.8 Å². The molecule has 0 amide bonds. The van der Waals surface area contributed by atoms with E-state index in [2.05, 4.69) is 9.71 Å². The Morgan fingerprint density at radius 3 is 2.33 bits per heavy atom. The standard InChI is InChI=1S/C14H16N2O4S/c1-20-14-7-4-12(8-15-14)9-16-21(18,19)13-5-2-11(10-17)3-6-13/h2-8,16-17H,9-10H2,1H3. The maximum Gasteiger partial charge on any atom is 0.240 e. The lowest BCUT2D eigenvalue weighted by molar-refractivity contribution is 0.282. The molecule has 2 aromatic rings. The van der Waals surface area contributed by atoms with Crippen LogP contribution in [-0.2, 0) is 23.2 Å². The average Bonchev–Trinajstić information content (AvgIpc) is 2.53. The first-order chi connectivity index (χ1) is 10.0. The monoisotopic (exact) mass is 308 g/mol. The minimum atomic E-state index is -3.59. The third-order valence-electron chi connectivity index (χ3n) is 2.89. The number of methoxy groups -OCH3 is 1. The van der Waals surface area contributed by atoms with Gasteiger partial charge in [0.1, 0.15) is 0 Å². The van der Waals surface area contributed by atoms with Gasteiger partial charge in [-0.15, -0.1) is 0 Å². The Kier molecular flexibility index (Phi) is 4.89. The molecule has 7 heteroatoms. The van der Waals surface area contributed by atoms with Crippen LogP contribution in [0.2, 0.25) is 0 Å². The molecule has 0 atom stereocenters. The van der Waals surface area contributed by atoms with E-state index in [0.29, 0.717) is 11.4 Å². The fraction of sp³-hybridized carbons (Fsp3) is 0.214. The second kappa shape index (κ2) is 6.66. The highest BCUT2D eigenvalue weighted by Gasteiger charge is 2.13. The van der Waals surface area contributed by atoms with Crippen molar-refractivity contribution < 1.29 is 18.3 Å². The Hall–Kier alpha value is -1.96. The van der Waals surface area contributed by atoms with E-state index in [1.54, 1.807) is 30.5 Å². The maximum atomic E-state index is 12.1. The number of nitrogens with zero attached hydrogens (tertiary/aromatic N) is 1. The lowest BCUT2D eigenvalue weighted by Gasteiger charge is -2.07. The van der Waals surface area contributed by atoms with Crippen molar-refractivity contribution >= 4 is 10.0 Å². The highest BCUT2D eigenvalue weighted by molar-refractivity contribution is 7.89. The fourth-order valence-corrected chi connectivity index (χ4v) is 2.69. The van der Waals surface area contributed by atoms with E-state index in [-0.39, 0.29) is 18.0 Å². The fourth-order valence-electron chi connectivity index (χ4n) is 1.67. The smallest absolute Gasteiger partial charge is 0.240 e. The largest absolute Gasteiger partial charge is 0.481 e. The van der Waals surface area contributed by atoms with Gasteiger partial charge in [0.2, 0.25) is 15.9 Å². The van der Waals surface area contributed by atoms with Crippen molar-refractivity contribution in [1.29, 1.82) is 0 Å². The summed E-state index contributed by atoms with van der Waals surface area (Å²) in [5.41, 5.74) is 1.39. The summed E-state index contributed by atoms with van der Waals surface area (Å²) in [4.78, 5) is 4.16. The molecule has 0 aliphatic heterocycles. The number of rotatable bonds is 6. The Morgan fingerprint density at radius 2 is 1.81 bits per heavy atom. The number of aliphatic hydroxyl groups excluding tert-OH is 1. The van der Waals surface area contributed by atoms with Gasteiger partial charge in [0.15, 0.2) is 0 Å². The molecular formula is C14H16N2O4S. The molecule has 0 saturated heterocycles. The summed E-state index contributed by atoms with van der Waals surface area (Å²) < 4.78 is 31.7. The number of ether oxygens (including phenoxy) is 1. The lowest BCUT2D eigenvalue weighted by atomic mass is 10.2. The van der Waals surface area contributed by atoms with Crippen molar-refractivity contribution in [3.05, 3.63) is 53.7 Å². The Balaban J connectivity index is 2.05. The zero-order chi connectivity index (χ0) is 15.3. The SMILES string of the molecule is COc1ccc(CNS(=O)(=O)c2ccc(CO)cc2)cn1. The number of aliphatic hydroxyl groups is 1. The molecule has 6 nitrogen and oxygen atoms in total. The third kappa shape index (κ3) is 4.01. The van der Waals surface area contributed by atoms with Gasteiger partial charge in [-0.25, -0.2) is 18.1 Å². The van der Waals surface area contributed by atoms with E-state index in [1.165, 1.54) is 19.2 Å². The second-order valence-corrected chi connectivity index (χ2v) is 6.10. The average molecular weight is 308 g/mol. The molecule has 2 rings (SSSR count). The molecular weight excluding hydrogens is 292 g/mol. The quantitative estimate of drug-likeness (QED) is 0.833. The summed E-state index contributed by atoms with van der Waals surface area (Å²) in [7, 11) is -2.08. The van der Waals surface area contributed by atoms with Crippen LogP contribution in [0, 0.1) is 0 Å². The molecule has 0 bridgehead atoms. The second-order valence-electron chi connectivity index (χ2n) is 4.34. The van der Waals surface area contributed by atoms with Crippen LogP contribution in [-0.4, -0.2) is 25.6 Å². The summed E-state index contributed by atoms with van der Waals surface area (Å²) in [5.74, 6) is 0.473. The van der Waals surface area contributed by atoms with E-state index < -0.39 is 10.0 Å². The van der Waals surface area contributed by atoms with Crippen molar-refractivity contribution in [2.24, 2.45) is 0 Å². The normalized spacial score (nSPS) is 11.3. The first kappa shape index (κ1) is 15.4. The Morgan fingerprint density at radius 1 is 1.14 bits per heavy atom. The molecule has 0 spiro atoms. The Bertz CT molecular complexity index is 682. The van der Waals surface area contributed by atoms with Gasteiger partial charge in [-0.05, 0) is 23.3 Å². The lowest BCUT2D eigenvalue weighted by Crippen LogP contribution is -2.23. The van der Waals surface area contributed by atoms with Gasteiger partial charge in [0.25, 0.3) is 0 Å². The van der Waals surface area contributed by atoms with E-state index in [1.807, 2.05) is 0 Å². The highest BCUT2D eigenvalue weighted by Crippen LogP contribution is 2.12. The first-order valence-electron chi connectivity index (χ1n) is 6.23. The summed E-state index contributed by atoms with van der Waals surface area (Å²) in [5, 5.41) is 8.94. The number of hydrogen-bond acceptors (Lipinski definition) is 5. The number of nitrogens with one attached hydrogen (secondary N) is 1. The highest BCUT2D eigenvalue weighted by atomic mass is 32.2. The van der Waals surface area contributed by atoms with E-state index >= 15 is 0 Å². The molecule has 1 aromatic heterocycles. The van der Waals surface area contributed by atoms with Crippen LogP contribution in [0.15, 0.2) is 47.5 Å². The van der Waals surface area contributed by atoms with Gasteiger partial charge in [-0.2, -0.15) is 0 Å². The van der Waals surface area contributed by atoms with Crippen LogP contribution < -0.4 is 9.46 Å². The molecule has 0 saturated carbocycles. The van der Waals surface area contributed by atoms with Crippen molar-refractivity contribution in [2.45, 2.75) is 18.0 Å². The maximum absolute atomic E-state index is 12.1. The zero-order valence-corrected chi connectivity index (χ0v) is 12.3.